The molecule has 1 aliphatic heterocycles. The normalized spacial score (nSPS) is 22.6. The first-order valence-corrected chi connectivity index (χ1v) is 5.71. The minimum Gasteiger partial charge on any atom is -0.469 e. The van der Waals surface area contributed by atoms with E-state index in [1.54, 1.807) is 12.3 Å². The number of carbonyl (C=O) groups excluding carboxylic acids is 1. The van der Waals surface area contributed by atoms with Gasteiger partial charge < -0.3 is 9.64 Å². The fraction of sp³-hybridized carbons (Fsp3) is 0.500. The second kappa shape index (κ2) is 5.00. The van der Waals surface area contributed by atoms with Gasteiger partial charge in [0.25, 0.3) is 0 Å². The molecule has 2 heterocycles. The summed E-state index contributed by atoms with van der Waals surface area (Å²) in [5.74, 6) is 0.310. The van der Waals surface area contributed by atoms with Crippen molar-refractivity contribution in [3.63, 3.8) is 0 Å². The molecule has 0 spiro atoms. The van der Waals surface area contributed by atoms with E-state index in [9.17, 15) is 4.79 Å². The number of methoxy groups -OCH3 is 1. The standard InChI is InChI=1S/C12H14N4O2/c1-8-6-16(7-10(8)11(17)18-2)12-14-4-3-9(5-13)15-12/h3-4,8,10H,6-7H2,1-2H3. The molecular formula is C12H14N4O2. The number of nitrogens with zero attached hydrogens (tertiary/aromatic N) is 4. The van der Waals surface area contributed by atoms with Gasteiger partial charge in [0.05, 0.1) is 13.0 Å². The van der Waals surface area contributed by atoms with E-state index in [4.69, 9.17) is 10.00 Å². The average Bonchev–Trinajstić information content (AvgIpc) is 2.80. The van der Waals surface area contributed by atoms with Crippen LogP contribution >= 0.6 is 0 Å². The van der Waals surface area contributed by atoms with Crippen molar-refractivity contribution in [2.24, 2.45) is 11.8 Å². The maximum absolute atomic E-state index is 11.6. The fourth-order valence-corrected chi connectivity index (χ4v) is 2.15. The van der Waals surface area contributed by atoms with E-state index >= 15 is 0 Å². The minimum atomic E-state index is -0.207. The third kappa shape index (κ3) is 2.25. The zero-order valence-corrected chi connectivity index (χ0v) is 10.3. The van der Waals surface area contributed by atoms with Crippen LogP contribution in [0.5, 0.6) is 0 Å². The summed E-state index contributed by atoms with van der Waals surface area (Å²) in [6, 6.07) is 3.53. The van der Waals surface area contributed by atoms with E-state index in [0.717, 1.165) is 0 Å². The summed E-state index contributed by atoms with van der Waals surface area (Å²) >= 11 is 0. The molecule has 0 radical (unpaired) electrons. The molecule has 18 heavy (non-hydrogen) atoms. The lowest BCUT2D eigenvalue weighted by Gasteiger charge is -2.15. The van der Waals surface area contributed by atoms with Crippen molar-refractivity contribution in [2.45, 2.75) is 6.92 Å². The van der Waals surface area contributed by atoms with Crippen molar-refractivity contribution in [1.82, 2.24) is 9.97 Å². The van der Waals surface area contributed by atoms with Gasteiger partial charge in [0.15, 0.2) is 0 Å². The summed E-state index contributed by atoms with van der Waals surface area (Å²) in [5, 5.41) is 8.80. The molecule has 0 N–H and O–H groups in total. The fourth-order valence-electron chi connectivity index (χ4n) is 2.15. The van der Waals surface area contributed by atoms with Gasteiger partial charge in [-0.15, -0.1) is 0 Å². The van der Waals surface area contributed by atoms with Crippen LogP contribution in [0.2, 0.25) is 0 Å². The Kier molecular flexibility index (Phi) is 3.42. The van der Waals surface area contributed by atoms with Crippen LogP contribution in [0.1, 0.15) is 12.6 Å². The summed E-state index contributed by atoms with van der Waals surface area (Å²) in [6.07, 6.45) is 1.55. The molecule has 0 aliphatic carbocycles. The smallest absolute Gasteiger partial charge is 0.310 e. The van der Waals surface area contributed by atoms with Crippen molar-refractivity contribution in [3.8, 4) is 6.07 Å². The molecule has 0 bridgehead atoms. The molecule has 1 aromatic heterocycles. The Hall–Kier alpha value is -2.16. The summed E-state index contributed by atoms with van der Waals surface area (Å²) in [5.41, 5.74) is 0.328. The Bertz CT molecular complexity index is 497. The second-order valence-corrected chi connectivity index (χ2v) is 4.37. The van der Waals surface area contributed by atoms with Gasteiger partial charge >= 0.3 is 5.97 Å². The Morgan fingerprint density at radius 1 is 1.61 bits per heavy atom. The maximum atomic E-state index is 11.6. The van der Waals surface area contributed by atoms with Crippen LogP contribution in [-0.2, 0) is 9.53 Å². The number of anilines is 1. The van der Waals surface area contributed by atoms with Crippen molar-refractivity contribution in [2.75, 3.05) is 25.1 Å². The molecule has 2 rings (SSSR count). The quantitative estimate of drug-likeness (QED) is 0.711. The molecule has 94 valence electrons. The van der Waals surface area contributed by atoms with E-state index < -0.39 is 0 Å². The topological polar surface area (TPSA) is 79.1 Å². The maximum Gasteiger partial charge on any atom is 0.310 e. The van der Waals surface area contributed by atoms with Crippen molar-refractivity contribution in [1.29, 1.82) is 5.26 Å². The Labute approximate surface area is 105 Å². The van der Waals surface area contributed by atoms with Gasteiger partial charge in [-0.25, -0.2) is 9.97 Å². The molecular weight excluding hydrogens is 232 g/mol. The lowest BCUT2D eigenvalue weighted by molar-refractivity contribution is -0.145. The Balaban J connectivity index is 2.17. The van der Waals surface area contributed by atoms with Crippen LogP contribution in [0.4, 0.5) is 5.95 Å². The predicted octanol–water partition coefficient (Wildman–Crippen LogP) is 0.594. The van der Waals surface area contributed by atoms with Gasteiger partial charge in [-0.1, -0.05) is 6.92 Å². The van der Waals surface area contributed by atoms with E-state index in [1.807, 2.05) is 17.9 Å². The number of nitriles is 1. The van der Waals surface area contributed by atoms with E-state index in [2.05, 4.69) is 9.97 Å². The van der Waals surface area contributed by atoms with Gasteiger partial charge in [0.2, 0.25) is 5.95 Å². The first-order chi connectivity index (χ1) is 8.65. The van der Waals surface area contributed by atoms with E-state index in [0.29, 0.717) is 24.7 Å². The molecule has 1 saturated heterocycles. The monoisotopic (exact) mass is 246 g/mol. The van der Waals surface area contributed by atoms with Gasteiger partial charge in [0.1, 0.15) is 11.8 Å². The molecule has 1 aliphatic rings. The zero-order chi connectivity index (χ0) is 13.1. The first kappa shape index (κ1) is 12.3. The number of hydrogen-bond acceptors (Lipinski definition) is 6. The third-order valence-electron chi connectivity index (χ3n) is 3.16. The molecule has 1 fully saturated rings. The molecule has 2 unspecified atom stereocenters. The first-order valence-electron chi connectivity index (χ1n) is 5.71. The van der Waals surface area contributed by atoms with Crippen LogP contribution in [0, 0.1) is 23.2 Å². The van der Waals surface area contributed by atoms with Crippen LogP contribution in [0.15, 0.2) is 12.3 Å². The van der Waals surface area contributed by atoms with Crippen LogP contribution in [0.25, 0.3) is 0 Å². The zero-order valence-electron chi connectivity index (χ0n) is 10.3. The molecule has 6 heteroatoms. The molecule has 2 atom stereocenters. The van der Waals surface area contributed by atoms with E-state index in [-0.39, 0.29) is 17.8 Å². The summed E-state index contributed by atoms with van der Waals surface area (Å²) in [6.45, 7) is 3.22. The summed E-state index contributed by atoms with van der Waals surface area (Å²) in [7, 11) is 1.39. The van der Waals surface area contributed by atoms with Gasteiger partial charge in [-0.05, 0) is 12.0 Å². The third-order valence-corrected chi connectivity index (χ3v) is 3.16. The molecule has 0 amide bonds. The lowest BCUT2D eigenvalue weighted by Crippen LogP contribution is -2.25. The predicted molar refractivity (Wildman–Crippen MR) is 63.6 cm³/mol. The van der Waals surface area contributed by atoms with Gasteiger partial charge in [-0.2, -0.15) is 5.26 Å². The number of hydrogen-bond donors (Lipinski definition) is 0. The highest BCUT2D eigenvalue weighted by molar-refractivity contribution is 5.74. The number of esters is 1. The van der Waals surface area contributed by atoms with Crippen LogP contribution < -0.4 is 4.90 Å². The van der Waals surface area contributed by atoms with E-state index in [1.165, 1.54) is 7.11 Å². The largest absolute Gasteiger partial charge is 0.469 e. The number of aromatic nitrogens is 2. The minimum absolute atomic E-state index is 0.163. The van der Waals surface area contributed by atoms with Crippen LogP contribution in [0.3, 0.4) is 0 Å². The van der Waals surface area contributed by atoms with Crippen LogP contribution in [-0.4, -0.2) is 36.1 Å². The average molecular weight is 246 g/mol. The number of carbonyl (C=O) groups is 1. The SMILES string of the molecule is COC(=O)C1CN(c2nccc(C#N)n2)CC1C. The van der Waals surface area contributed by atoms with Gasteiger partial charge in [-0.3, -0.25) is 4.79 Å². The molecule has 1 aromatic rings. The van der Waals surface area contributed by atoms with Crippen molar-refractivity contribution in [3.05, 3.63) is 18.0 Å². The number of rotatable bonds is 2. The van der Waals surface area contributed by atoms with Crippen molar-refractivity contribution >= 4 is 11.9 Å². The second-order valence-electron chi connectivity index (χ2n) is 4.37. The molecule has 0 saturated carbocycles. The van der Waals surface area contributed by atoms with Crippen molar-refractivity contribution < 1.29 is 9.53 Å². The highest BCUT2D eigenvalue weighted by atomic mass is 16.5. The summed E-state index contributed by atoms with van der Waals surface area (Å²) < 4.78 is 4.77. The van der Waals surface area contributed by atoms with Gasteiger partial charge in [0, 0.05) is 19.3 Å². The molecule has 0 aromatic carbocycles. The lowest BCUT2D eigenvalue weighted by atomic mass is 9.99. The Morgan fingerprint density at radius 2 is 2.39 bits per heavy atom. The summed E-state index contributed by atoms with van der Waals surface area (Å²) in [4.78, 5) is 21.8. The molecule has 6 nitrogen and oxygen atoms in total. The highest BCUT2D eigenvalue weighted by Crippen LogP contribution is 2.26. The number of ether oxygens (including phenoxy) is 1. The Morgan fingerprint density at radius 3 is 3.06 bits per heavy atom. The highest BCUT2D eigenvalue weighted by Gasteiger charge is 2.36.